The van der Waals surface area contributed by atoms with Crippen molar-refractivity contribution in [2.75, 3.05) is 29.9 Å². The molecule has 1 N–H and O–H groups in total. The highest BCUT2D eigenvalue weighted by atomic mass is 79.9. The van der Waals surface area contributed by atoms with Gasteiger partial charge in [-0.3, -0.25) is 0 Å². The summed E-state index contributed by atoms with van der Waals surface area (Å²) < 4.78 is 0.980. The van der Waals surface area contributed by atoms with Crippen LogP contribution in [0.2, 0.25) is 0 Å². The Labute approximate surface area is 111 Å². The van der Waals surface area contributed by atoms with Crippen molar-refractivity contribution >= 4 is 27.7 Å². The Morgan fingerprint density at radius 2 is 2.18 bits per heavy atom. The summed E-state index contributed by atoms with van der Waals surface area (Å²) in [7, 11) is 0. The fourth-order valence-electron chi connectivity index (χ4n) is 2.04. The van der Waals surface area contributed by atoms with E-state index in [0.717, 1.165) is 35.8 Å². The molecule has 0 spiro atoms. The molecule has 0 unspecified atom stereocenters. The molecule has 0 aliphatic carbocycles. The fraction of sp³-hybridized carbons (Fsp3) is 0.667. The number of hydrogen-bond donors (Lipinski definition) is 1. The predicted molar refractivity (Wildman–Crippen MR) is 74.5 cm³/mol. The number of anilines is 2. The standard InChI is InChI=1S/C12H19BrN4/c1-3-14-12-15-8-10(13)11(16-12)17-6-4-9(2)5-7-17/h8-9H,3-7H2,1-2H3,(H,14,15,16). The zero-order valence-electron chi connectivity index (χ0n) is 10.4. The number of hydrogen-bond acceptors (Lipinski definition) is 4. The molecule has 4 nitrogen and oxygen atoms in total. The molecule has 17 heavy (non-hydrogen) atoms. The van der Waals surface area contributed by atoms with E-state index in [9.17, 15) is 0 Å². The zero-order valence-corrected chi connectivity index (χ0v) is 12.0. The lowest BCUT2D eigenvalue weighted by atomic mass is 9.99. The van der Waals surface area contributed by atoms with Crippen LogP contribution in [0.3, 0.4) is 0 Å². The van der Waals surface area contributed by atoms with E-state index in [1.807, 2.05) is 13.1 Å². The molecule has 2 heterocycles. The highest BCUT2D eigenvalue weighted by Crippen LogP contribution is 2.28. The second kappa shape index (κ2) is 5.67. The van der Waals surface area contributed by atoms with Gasteiger partial charge in [-0.15, -0.1) is 0 Å². The summed E-state index contributed by atoms with van der Waals surface area (Å²) in [6.45, 7) is 7.38. The highest BCUT2D eigenvalue weighted by Gasteiger charge is 2.19. The van der Waals surface area contributed by atoms with Gasteiger partial charge in [-0.1, -0.05) is 6.92 Å². The first-order valence-electron chi connectivity index (χ1n) is 6.22. The molecular formula is C12H19BrN4. The monoisotopic (exact) mass is 298 g/mol. The van der Waals surface area contributed by atoms with E-state index in [0.29, 0.717) is 5.95 Å². The Balaban J connectivity index is 2.15. The van der Waals surface area contributed by atoms with E-state index in [1.54, 1.807) is 0 Å². The van der Waals surface area contributed by atoms with Crippen LogP contribution in [0.15, 0.2) is 10.7 Å². The van der Waals surface area contributed by atoms with Crippen molar-refractivity contribution in [3.63, 3.8) is 0 Å². The third-order valence-electron chi connectivity index (χ3n) is 3.14. The Kier molecular flexibility index (Phi) is 4.20. The summed E-state index contributed by atoms with van der Waals surface area (Å²) in [4.78, 5) is 11.2. The van der Waals surface area contributed by atoms with Crippen molar-refractivity contribution in [3.8, 4) is 0 Å². The summed E-state index contributed by atoms with van der Waals surface area (Å²) in [5.41, 5.74) is 0. The van der Waals surface area contributed by atoms with Crippen molar-refractivity contribution in [3.05, 3.63) is 10.7 Å². The molecule has 1 aromatic rings. The van der Waals surface area contributed by atoms with Crippen LogP contribution in [0.25, 0.3) is 0 Å². The van der Waals surface area contributed by atoms with E-state index in [-0.39, 0.29) is 0 Å². The molecule has 0 atom stereocenters. The van der Waals surface area contributed by atoms with Crippen LogP contribution in [0.5, 0.6) is 0 Å². The quantitative estimate of drug-likeness (QED) is 0.932. The van der Waals surface area contributed by atoms with Crippen molar-refractivity contribution in [2.45, 2.75) is 26.7 Å². The van der Waals surface area contributed by atoms with Crippen molar-refractivity contribution in [2.24, 2.45) is 5.92 Å². The lowest BCUT2D eigenvalue weighted by molar-refractivity contribution is 0.436. The first-order valence-corrected chi connectivity index (χ1v) is 7.01. The van der Waals surface area contributed by atoms with Gasteiger partial charge in [0.1, 0.15) is 5.82 Å². The molecule has 94 valence electrons. The molecule has 2 rings (SSSR count). The lowest BCUT2D eigenvalue weighted by Crippen LogP contribution is -2.33. The number of piperidine rings is 1. The van der Waals surface area contributed by atoms with Gasteiger partial charge in [0.15, 0.2) is 0 Å². The maximum absolute atomic E-state index is 4.57. The molecular weight excluding hydrogens is 280 g/mol. The van der Waals surface area contributed by atoms with Crippen LogP contribution < -0.4 is 10.2 Å². The van der Waals surface area contributed by atoms with Gasteiger partial charge in [0, 0.05) is 25.8 Å². The summed E-state index contributed by atoms with van der Waals surface area (Å²) in [5.74, 6) is 2.56. The smallest absolute Gasteiger partial charge is 0.224 e. The number of nitrogens with one attached hydrogen (secondary N) is 1. The third kappa shape index (κ3) is 3.09. The summed E-state index contributed by atoms with van der Waals surface area (Å²) in [6.07, 6.45) is 4.32. The van der Waals surface area contributed by atoms with Crippen LogP contribution in [0.4, 0.5) is 11.8 Å². The van der Waals surface area contributed by atoms with Gasteiger partial charge in [-0.25, -0.2) is 4.98 Å². The predicted octanol–water partition coefficient (Wildman–Crippen LogP) is 2.91. The molecule has 0 amide bonds. The number of aromatic nitrogens is 2. The maximum Gasteiger partial charge on any atom is 0.224 e. The van der Waals surface area contributed by atoms with Gasteiger partial charge >= 0.3 is 0 Å². The SMILES string of the molecule is CCNc1ncc(Br)c(N2CCC(C)CC2)n1. The highest BCUT2D eigenvalue weighted by molar-refractivity contribution is 9.10. The first kappa shape index (κ1) is 12.6. The molecule has 1 aromatic heterocycles. The molecule has 5 heteroatoms. The maximum atomic E-state index is 4.57. The van der Waals surface area contributed by atoms with Crippen LogP contribution in [0, 0.1) is 5.92 Å². The van der Waals surface area contributed by atoms with Crippen LogP contribution in [0.1, 0.15) is 26.7 Å². The summed E-state index contributed by atoms with van der Waals surface area (Å²) in [6, 6.07) is 0. The second-order valence-electron chi connectivity index (χ2n) is 4.57. The number of halogens is 1. The first-order chi connectivity index (χ1) is 8.20. The Morgan fingerprint density at radius 3 is 2.82 bits per heavy atom. The second-order valence-corrected chi connectivity index (χ2v) is 5.42. The van der Waals surface area contributed by atoms with E-state index in [1.165, 1.54) is 12.8 Å². The normalized spacial score (nSPS) is 17.2. The summed E-state index contributed by atoms with van der Waals surface area (Å²) >= 11 is 3.54. The number of nitrogens with zero attached hydrogens (tertiary/aromatic N) is 3. The molecule has 1 aliphatic heterocycles. The Bertz CT molecular complexity index is 375. The van der Waals surface area contributed by atoms with E-state index in [4.69, 9.17) is 0 Å². The largest absolute Gasteiger partial charge is 0.355 e. The molecule has 0 radical (unpaired) electrons. The van der Waals surface area contributed by atoms with Crippen molar-refractivity contribution < 1.29 is 0 Å². The minimum Gasteiger partial charge on any atom is -0.355 e. The van der Waals surface area contributed by atoms with Gasteiger partial charge in [0.2, 0.25) is 5.95 Å². The Morgan fingerprint density at radius 1 is 1.47 bits per heavy atom. The van der Waals surface area contributed by atoms with Crippen molar-refractivity contribution in [1.29, 1.82) is 0 Å². The minimum atomic E-state index is 0.712. The lowest BCUT2D eigenvalue weighted by Gasteiger charge is -2.31. The molecule has 1 saturated heterocycles. The van der Waals surface area contributed by atoms with Crippen LogP contribution in [-0.4, -0.2) is 29.6 Å². The van der Waals surface area contributed by atoms with E-state index >= 15 is 0 Å². The molecule has 1 aliphatic rings. The average Bonchev–Trinajstić information content (AvgIpc) is 2.33. The van der Waals surface area contributed by atoms with E-state index < -0.39 is 0 Å². The Hall–Kier alpha value is -0.840. The molecule has 0 bridgehead atoms. The average molecular weight is 299 g/mol. The zero-order chi connectivity index (χ0) is 12.3. The van der Waals surface area contributed by atoms with E-state index in [2.05, 4.69) is 43.0 Å². The summed E-state index contributed by atoms with van der Waals surface area (Å²) in [5, 5.41) is 3.15. The molecule has 0 saturated carbocycles. The van der Waals surface area contributed by atoms with Gasteiger partial charge in [-0.2, -0.15) is 4.98 Å². The van der Waals surface area contributed by atoms with Gasteiger partial charge in [0.05, 0.1) is 4.47 Å². The fourth-order valence-corrected chi connectivity index (χ4v) is 2.49. The van der Waals surface area contributed by atoms with Gasteiger partial charge in [0.25, 0.3) is 0 Å². The van der Waals surface area contributed by atoms with Crippen molar-refractivity contribution in [1.82, 2.24) is 9.97 Å². The van der Waals surface area contributed by atoms with Crippen LogP contribution in [-0.2, 0) is 0 Å². The topological polar surface area (TPSA) is 41.1 Å². The van der Waals surface area contributed by atoms with Gasteiger partial charge in [-0.05, 0) is 41.6 Å². The molecule has 0 aromatic carbocycles. The number of rotatable bonds is 3. The third-order valence-corrected chi connectivity index (χ3v) is 3.70. The molecule has 1 fully saturated rings. The van der Waals surface area contributed by atoms with Crippen LogP contribution >= 0.6 is 15.9 Å². The minimum absolute atomic E-state index is 0.712. The van der Waals surface area contributed by atoms with Gasteiger partial charge < -0.3 is 10.2 Å².